The summed E-state index contributed by atoms with van der Waals surface area (Å²) < 4.78 is 5.57. The van der Waals surface area contributed by atoms with Crippen molar-refractivity contribution in [2.45, 2.75) is 19.3 Å². The Morgan fingerprint density at radius 3 is 3.09 bits per heavy atom. The number of hydrogen-bond acceptors (Lipinski definition) is 4. The van der Waals surface area contributed by atoms with Crippen molar-refractivity contribution in [3.05, 3.63) is 41.2 Å². The molecule has 6 heteroatoms. The first-order valence-electron chi connectivity index (χ1n) is 7.78. The first-order valence-corrected chi connectivity index (χ1v) is 7.78. The lowest BCUT2D eigenvalue weighted by atomic mass is 9.93. The Morgan fingerprint density at radius 2 is 2.17 bits per heavy atom. The van der Waals surface area contributed by atoms with E-state index < -0.39 is 0 Å². The fourth-order valence-electron chi connectivity index (χ4n) is 3.12. The van der Waals surface area contributed by atoms with E-state index in [-0.39, 0.29) is 11.7 Å². The summed E-state index contributed by atoms with van der Waals surface area (Å²) in [4.78, 5) is 27.7. The molecule has 6 nitrogen and oxygen atoms in total. The normalized spacial score (nSPS) is 15.9. The molecule has 4 rings (SSSR count). The maximum atomic E-state index is 12.5. The van der Waals surface area contributed by atoms with Crippen molar-refractivity contribution in [1.29, 1.82) is 0 Å². The van der Waals surface area contributed by atoms with Gasteiger partial charge in [-0.15, -0.1) is 0 Å². The molecule has 1 amide bonds. The molecule has 118 valence electrons. The minimum absolute atomic E-state index is 0.0376. The molecule has 0 saturated carbocycles. The van der Waals surface area contributed by atoms with Gasteiger partial charge in [0.2, 0.25) is 0 Å². The molecule has 0 atom stereocenters. The van der Waals surface area contributed by atoms with Crippen molar-refractivity contribution in [3.8, 4) is 5.75 Å². The molecule has 2 heterocycles. The van der Waals surface area contributed by atoms with Crippen LogP contribution in [0.15, 0.2) is 24.4 Å². The number of hydrogen-bond donors (Lipinski definition) is 3. The van der Waals surface area contributed by atoms with Crippen LogP contribution in [-0.4, -0.2) is 29.8 Å². The number of nitrogens with one attached hydrogen (secondary N) is 3. The molecule has 0 saturated heterocycles. The number of aromatic amines is 1. The predicted molar refractivity (Wildman–Crippen MR) is 86.4 cm³/mol. The fraction of sp³-hybridized carbons (Fsp3) is 0.294. The average molecular weight is 311 g/mol. The maximum Gasteiger partial charge on any atom is 0.257 e. The van der Waals surface area contributed by atoms with Crippen molar-refractivity contribution in [2.75, 3.05) is 23.8 Å². The van der Waals surface area contributed by atoms with E-state index in [1.54, 1.807) is 12.3 Å². The van der Waals surface area contributed by atoms with Gasteiger partial charge in [0.05, 0.1) is 16.8 Å². The molecular weight excluding hydrogens is 294 g/mol. The van der Waals surface area contributed by atoms with E-state index in [1.807, 2.05) is 12.1 Å². The molecule has 0 bridgehead atoms. The van der Waals surface area contributed by atoms with Gasteiger partial charge in [-0.05, 0) is 25.0 Å². The van der Waals surface area contributed by atoms with Crippen LogP contribution in [0.1, 0.15) is 39.3 Å². The summed E-state index contributed by atoms with van der Waals surface area (Å²) in [7, 11) is 0. The van der Waals surface area contributed by atoms with Gasteiger partial charge in [-0.3, -0.25) is 9.59 Å². The molecule has 0 spiro atoms. The van der Waals surface area contributed by atoms with Crippen LogP contribution in [-0.2, 0) is 6.42 Å². The molecule has 1 aliphatic carbocycles. The molecule has 2 aliphatic rings. The Balaban J connectivity index is 1.59. The highest BCUT2D eigenvalue weighted by Crippen LogP contribution is 2.31. The molecule has 0 fully saturated rings. The quantitative estimate of drug-likeness (QED) is 0.796. The number of anilines is 2. The highest BCUT2D eigenvalue weighted by atomic mass is 16.5. The van der Waals surface area contributed by atoms with Crippen LogP contribution in [0.5, 0.6) is 5.75 Å². The van der Waals surface area contributed by atoms with E-state index in [0.29, 0.717) is 29.8 Å². The summed E-state index contributed by atoms with van der Waals surface area (Å²) in [6, 6.07) is 5.49. The van der Waals surface area contributed by atoms with Crippen LogP contribution >= 0.6 is 0 Å². The van der Waals surface area contributed by atoms with E-state index in [1.165, 1.54) is 0 Å². The smallest absolute Gasteiger partial charge is 0.257 e. The number of fused-ring (bicyclic) bond motifs is 2. The van der Waals surface area contributed by atoms with Crippen LogP contribution in [0, 0.1) is 0 Å². The van der Waals surface area contributed by atoms with Crippen LogP contribution < -0.4 is 15.4 Å². The molecule has 0 unspecified atom stereocenters. The summed E-state index contributed by atoms with van der Waals surface area (Å²) in [6.45, 7) is 1.38. The number of carbonyl (C=O) groups is 2. The number of ether oxygens (including phenoxy) is 1. The lowest BCUT2D eigenvalue weighted by molar-refractivity contribution is 0.0956. The number of aromatic nitrogens is 1. The average Bonchev–Trinajstić information content (AvgIpc) is 3.00. The highest BCUT2D eigenvalue weighted by Gasteiger charge is 2.26. The molecule has 1 aliphatic heterocycles. The number of rotatable bonds is 2. The van der Waals surface area contributed by atoms with Gasteiger partial charge in [0.15, 0.2) is 5.78 Å². The molecule has 1 aromatic heterocycles. The summed E-state index contributed by atoms with van der Waals surface area (Å²) in [6.07, 6.45) is 3.78. The number of carbonyl (C=O) groups excluding carboxylic acids is 2. The number of amides is 1. The van der Waals surface area contributed by atoms with Gasteiger partial charge in [-0.25, -0.2) is 0 Å². The molecule has 23 heavy (non-hydrogen) atoms. The first-order chi connectivity index (χ1) is 11.2. The Bertz CT molecular complexity index is 794. The summed E-state index contributed by atoms with van der Waals surface area (Å²) in [5.74, 6) is 0.485. The number of H-pyrrole nitrogens is 1. The number of aryl methyl sites for hydroxylation is 1. The number of benzene rings is 1. The van der Waals surface area contributed by atoms with Crippen molar-refractivity contribution < 1.29 is 14.3 Å². The zero-order valence-electron chi connectivity index (χ0n) is 12.6. The van der Waals surface area contributed by atoms with Crippen LogP contribution in [0.4, 0.5) is 11.4 Å². The van der Waals surface area contributed by atoms with E-state index in [9.17, 15) is 9.59 Å². The summed E-state index contributed by atoms with van der Waals surface area (Å²) in [5, 5.41) is 6.08. The van der Waals surface area contributed by atoms with Gasteiger partial charge in [-0.1, -0.05) is 0 Å². The number of ketones is 1. The third kappa shape index (κ3) is 2.46. The van der Waals surface area contributed by atoms with E-state index in [4.69, 9.17) is 4.74 Å². The third-order valence-electron chi connectivity index (χ3n) is 4.23. The van der Waals surface area contributed by atoms with Crippen molar-refractivity contribution in [2.24, 2.45) is 0 Å². The Morgan fingerprint density at radius 1 is 1.26 bits per heavy atom. The maximum absolute atomic E-state index is 12.5. The van der Waals surface area contributed by atoms with E-state index in [0.717, 1.165) is 36.5 Å². The van der Waals surface area contributed by atoms with Crippen LogP contribution in [0.2, 0.25) is 0 Å². The van der Waals surface area contributed by atoms with Crippen molar-refractivity contribution >= 4 is 23.1 Å². The van der Waals surface area contributed by atoms with Crippen LogP contribution in [0.25, 0.3) is 0 Å². The van der Waals surface area contributed by atoms with Crippen LogP contribution in [0.3, 0.4) is 0 Å². The van der Waals surface area contributed by atoms with Crippen molar-refractivity contribution in [3.63, 3.8) is 0 Å². The third-order valence-corrected chi connectivity index (χ3v) is 4.23. The van der Waals surface area contributed by atoms with Gasteiger partial charge >= 0.3 is 0 Å². The zero-order chi connectivity index (χ0) is 15.8. The number of Topliss-reactive ketones (excluding diaryl/α,β-unsaturated/α-hetero) is 1. The van der Waals surface area contributed by atoms with E-state index >= 15 is 0 Å². The van der Waals surface area contributed by atoms with Crippen molar-refractivity contribution in [1.82, 2.24) is 4.98 Å². The first kappa shape index (κ1) is 13.9. The zero-order valence-corrected chi connectivity index (χ0v) is 12.6. The lowest BCUT2D eigenvalue weighted by Crippen LogP contribution is -2.19. The van der Waals surface area contributed by atoms with Gasteiger partial charge in [0, 0.05) is 36.6 Å². The molecule has 2 aromatic rings. The Kier molecular flexibility index (Phi) is 3.29. The minimum atomic E-state index is -0.276. The van der Waals surface area contributed by atoms with Gasteiger partial charge < -0.3 is 20.4 Å². The Hall–Kier alpha value is -2.76. The largest absolute Gasteiger partial charge is 0.490 e. The standard InChI is InChI=1S/C17H17N3O3/c21-14-3-1-2-13-16(14)11(9-19-13)17(22)20-10-4-5-12-15(8-10)23-7-6-18-12/h4-5,8-9,18-19H,1-3,6-7H2,(H,20,22). The second-order valence-corrected chi connectivity index (χ2v) is 5.77. The molecule has 0 radical (unpaired) electrons. The molecule has 1 aromatic carbocycles. The second kappa shape index (κ2) is 5.46. The topological polar surface area (TPSA) is 83.2 Å². The highest BCUT2D eigenvalue weighted by molar-refractivity contribution is 6.13. The monoisotopic (exact) mass is 311 g/mol. The SMILES string of the molecule is O=C(Nc1ccc2c(c1)OCCN2)c1c[nH]c2c1C(=O)CCC2. The lowest BCUT2D eigenvalue weighted by Gasteiger charge is -2.19. The Labute approximate surface area is 133 Å². The van der Waals surface area contributed by atoms with Gasteiger partial charge in [0.25, 0.3) is 5.91 Å². The second-order valence-electron chi connectivity index (χ2n) is 5.77. The van der Waals surface area contributed by atoms with E-state index in [2.05, 4.69) is 15.6 Å². The minimum Gasteiger partial charge on any atom is -0.490 e. The van der Waals surface area contributed by atoms with Gasteiger partial charge in [0.1, 0.15) is 12.4 Å². The fourth-order valence-corrected chi connectivity index (χ4v) is 3.12. The molecular formula is C17H17N3O3. The summed E-state index contributed by atoms with van der Waals surface area (Å²) in [5.41, 5.74) is 3.40. The molecule has 3 N–H and O–H groups in total. The predicted octanol–water partition coefficient (Wildman–Crippen LogP) is 2.59. The summed E-state index contributed by atoms with van der Waals surface area (Å²) >= 11 is 0. The van der Waals surface area contributed by atoms with Gasteiger partial charge in [-0.2, -0.15) is 0 Å².